The molecule has 0 radical (unpaired) electrons. The van der Waals surface area contributed by atoms with Crippen LogP contribution in [0.15, 0.2) is 66.9 Å². The van der Waals surface area contributed by atoms with Crippen molar-refractivity contribution < 1.29 is 5.11 Å². The van der Waals surface area contributed by atoms with Crippen molar-refractivity contribution in [3.63, 3.8) is 0 Å². The Balaban J connectivity index is 1.60. The third kappa shape index (κ3) is 4.29. The fraction of sp³-hybridized carbons (Fsp3) is 0.200. The van der Waals surface area contributed by atoms with Gasteiger partial charge in [-0.05, 0) is 66.8 Å². The van der Waals surface area contributed by atoms with Crippen LogP contribution in [0, 0.1) is 13.8 Å². The maximum absolute atomic E-state index is 9.81. The molecule has 0 saturated carbocycles. The number of benzene rings is 2. The summed E-state index contributed by atoms with van der Waals surface area (Å²) in [7, 11) is 0. The summed E-state index contributed by atoms with van der Waals surface area (Å²) in [5, 5.41) is 9.81. The molecule has 1 unspecified atom stereocenters. The van der Waals surface area contributed by atoms with Crippen molar-refractivity contribution in [3.8, 4) is 21.0 Å². The van der Waals surface area contributed by atoms with Crippen molar-refractivity contribution in [3.05, 3.63) is 94.9 Å². The SMILES string of the molecule is Cc1cccc(-c2ccc(-c3ccnc(Cc4cccc(C(C)O)c4)n3)s2)c1C. The summed E-state index contributed by atoms with van der Waals surface area (Å²) in [6.45, 7) is 6.10. The van der Waals surface area contributed by atoms with Gasteiger partial charge in [-0.3, -0.25) is 0 Å². The first-order valence-electron chi connectivity index (χ1n) is 9.77. The first kappa shape index (κ1) is 19.5. The van der Waals surface area contributed by atoms with Crippen molar-refractivity contribution in [2.75, 3.05) is 0 Å². The Morgan fingerprint density at radius 3 is 2.59 bits per heavy atom. The molecule has 0 spiro atoms. The second-order valence-corrected chi connectivity index (χ2v) is 8.45. The molecular formula is C25H24N2OS. The van der Waals surface area contributed by atoms with Crippen LogP contribution in [-0.4, -0.2) is 15.1 Å². The van der Waals surface area contributed by atoms with E-state index in [0.29, 0.717) is 6.42 Å². The summed E-state index contributed by atoms with van der Waals surface area (Å²) >= 11 is 1.76. The predicted molar refractivity (Wildman–Crippen MR) is 120 cm³/mol. The summed E-state index contributed by atoms with van der Waals surface area (Å²) in [5.74, 6) is 0.784. The van der Waals surface area contributed by atoms with Gasteiger partial charge in [0.25, 0.3) is 0 Å². The molecule has 3 nitrogen and oxygen atoms in total. The van der Waals surface area contributed by atoms with Gasteiger partial charge in [-0.25, -0.2) is 9.97 Å². The zero-order valence-corrected chi connectivity index (χ0v) is 17.7. The van der Waals surface area contributed by atoms with Crippen LogP contribution in [0.3, 0.4) is 0 Å². The summed E-state index contributed by atoms with van der Waals surface area (Å²) in [4.78, 5) is 11.6. The number of aromatic nitrogens is 2. The Kier molecular flexibility index (Phi) is 5.56. The number of aliphatic hydroxyl groups is 1. The Morgan fingerprint density at radius 1 is 0.966 bits per heavy atom. The zero-order valence-electron chi connectivity index (χ0n) is 16.9. The lowest BCUT2D eigenvalue weighted by Gasteiger charge is -2.08. The van der Waals surface area contributed by atoms with Crippen LogP contribution in [0.25, 0.3) is 21.0 Å². The molecule has 2 heterocycles. The van der Waals surface area contributed by atoms with E-state index >= 15 is 0 Å². The summed E-state index contributed by atoms with van der Waals surface area (Å²) in [6, 6.07) is 20.7. The molecule has 146 valence electrons. The smallest absolute Gasteiger partial charge is 0.133 e. The Labute approximate surface area is 175 Å². The predicted octanol–water partition coefficient (Wildman–Crippen LogP) is 6.13. The molecule has 0 aliphatic rings. The van der Waals surface area contributed by atoms with Gasteiger partial charge in [0.15, 0.2) is 0 Å². The number of nitrogens with zero attached hydrogens (tertiary/aromatic N) is 2. The van der Waals surface area contributed by atoms with Crippen molar-refractivity contribution in [1.29, 1.82) is 0 Å². The van der Waals surface area contributed by atoms with Crippen molar-refractivity contribution in [1.82, 2.24) is 9.97 Å². The molecule has 0 aliphatic carbocycles. The van der Waals surface area contributed by atoms with E-state index in [1.54, 1.807) is 18.3 Å². The van der Waals surface area contributed by atoms with Gasteiger partial charge in [-0.1, -0.05) is 42.5 Å². The molecule has 1 N–H and O–H groups in total. The molecule has 29 heavy (non-hydrogen) atoms. The molecule has 4 rings (SSSR count). The van der Waals surface area contributed by atoms with Gasteiger partial charge in [0, 0.05) is 17.5 Å². The lowest BCUT2D eigenvalue weighted by molar-refractivity contribution is 0.199. The van der Waals surface area contributed by atoms with E-state index in [0.717, 1.165) is 27.5 Å². The average Bonchev–Trinajstić information content (AvgIpc) is 3.20. The van der Waals surface area contributed by atoms with E-state index < -0.39 is 6.10 Å². The van der Waals surface area contributed by atoms with E-state index in [-0.39, 0.29) is 0 Å². The molecule has 2 aromatic heterocycles. The highest BCUT2D eigenvalue weighted by molar-refractivity contribution is 7.18. The highest BCUT2D eigenvalue weighted by Crippen LogP contribution is 2.35. The second-order valence-electron chi connectivity index (χ2n) is 7.37. The Hall–Kier alpha value is -2.82. The highest BCUT2D eigenvalue weighted by Gasteiger charge is 2.11. The quantitative estimate of drug-likeness (QED) is 0.438. The standard InChI is InChI=1S/C25H24N2OS/c1-16-6-4-9-21(17(16)2)23-10-11-24(29-23)22-12-13-26-25(27-22)15-19-7-5-8-20(14-19)18(3)28/h4-14,18,28H,15H2,1-3H3. The fourth-order valence-corrected chi connectivity index (χ4v) is 4.46. The maximum atomic E-state index is 9.81. The molecule has 0 fully saturated rings. The largest absolute Gasteiger partial charge is 0.389 e. The van der Waals surface area contributed by atoms with Crippen LogP contribution < -0.4 is 0 Å². The van der Waals surface area contributed by atoms with Gasteiger partial charge in [-0.2, -0.15) is 0 Å². The van der Waals surface area contributed by atoms with Gasteiger partial charge < -0.3 is 5.11 Å². The van der Waals surface area contributed by atoms with Crippen molar-refractivity contribution in [2.24, 2.45) is 0 Å². The molecule has 1 atom stereocenters. The van der Waals surface area contributed by atoms with E-state index in [4.69, 9.17) is 4.98 Å². The average molecular weight is 401 g/mol. The molecule has 4 heteroatoms. The van der Waals surface area contributed by atoms with Crippen molar-refractivity contribution >= 4 is 11.3 Å². The van der Waals surface area contributed by atoms with E-state index in [1.165, 1.54) is 21.6 Å². The summed E-state index contributed by atoms with van der Waals surface area (Å²) < 4.78 is 0. The van der Waals surface area contributed by atoms with E-state index in [2.05, 4.69) is 49.2 Å². The number of aryl methyl sites for hydroxylation is 1. The molecule has 0 aliphatic heterocycles. The third-order valence-corrected chi connectivity index (χ3v) is 6.37. The van der Waals surface area contributed by atoms with E-state index in [9.17, 15) is 5.11 Å². The molecule has 0 amide bonds. The van der Waals surface area contributed by atoms with Gasteiger partial charge in [0.1, 0.15) is 5.82 Å². The Morgan fingerprint density at radius 2 is 1.76 bits per heavy atom. The number of rotatable bonds is 5. The molecular weight excluding hydrogens is 376 g/mol. The lowest BCUT2D eigenvalue weighted by Crippen LogP contribution is -1.99. The Bertz CT molecular complexity index is 1150. The molecule has 2 aromatic carbocycles. The highest BCUT2D eigenvalue weighted by atomic mass is 32.1. The summed E-state index contributed by atoms with van der Waals surface area (Å²) in [6.07, 6.45) is 1.99. The topological polar surface area (TPSA) is 46.0 Å². The van der Waals surface area contributed by atoms with Crippen LogP contribution in [0.1, 0.15) is 41.1 Å². The number of aliphatic hydroxyl groups excluding tert-OH is 1. The minimum atomic E-state index is -0.475. The molecule has 4 aromatic rings. The van der Waals surface area contributed by atoms with Crippen molar-refractivity contribution in [2.45, 2.75) is 33.3 Å². The first-order chi connectivity index (χ1) is 14.0. The monoisotopic (exact) mass is 400 g/mol. The normalized spacial score (nSPS) is 12.1. The van der Waals surface area contributed by atoms with Crippen LogP contribution in [0.2, 0.25) is 0 Å². The van der Waals surface area contributed by atoms with Crippen LogP contribution in [0.5, 0.6) is 0 Å². The third-order valence-electron chi connectivity index (χ3n) is 5.23. The lowest BCUT2D eigenvalue weighted by atomic mass is 10.0. The van der Waals surface area contributed by atoms with Gasteiger partial charge in [-0.15, -0.1) is 11.3 Å². The number of hydrogen-bond acceptors (Lipinski definition) is 4. The van der Waals surface area contributed by atoms with Gasteiger partial charge in [0.05, 0.1) is 16.7 Å². The molecule has 0 bridgehead atoms. The minimum Gasteiger partial charge on any atom is -0.389 e. The summed E-state index contributed by atoms with van der Waals surface area (Å²) in [5.41, 5.74) is 6.87. The molecule has 0 saturated heterocycles. The number of thiophene rings is 1. The van der Waals surface area contributed by atoms with Crippen LogP contribution in [-0.2, 0) is 6.42 Å². The first-order valence-corrected chi connectivity index (χ1v) is 10.6. The van der Waals surface area contributed by atoms with Gasteiger partial charge >= 0.3 is 0 Å². The fourth-order valence-electron chi connectivity index (χ4n) is 3.41. The minimum absolute atomic E-state index is 0.475. The van der Waals surface area contributed by atoms with Crippen LogP contribution in [0.4, 0.5) is 0 Å². The second kappa shape index (κ2) is 8.27. The van der Waals surface area contributed by atoms with Crippen LogP contribution >= 0.6 is 11.3 Å². The number of hydrogen-bond donors (Lipinski definition) is 1. The van der Waals surface area contributed by atoms with Gasteiger partial charge in [0.2, 0.25) is 0 Å². The zero-order chi connectivity index (χ0) is 20.4. The van der Waals surface area contributed by atoms with E-state index in [1.807, 2.05) is 36.5 Å². The maximum Gasteiger partial charge on any atom is 0.133 e.